The highest BCUT2D eigenvalue weighted by atomic mass is 16.1. The maximum atomic E-state index is 12.1. The van der Waals surface area contributed by atoms with E-state index in [9.17, 15) is 4.79 Å². The van der Waals surface area contributed by atoms with Gasteiger partial charge in [0.25, 0.3) is 0 Å². The molecule has 3 nitrogen and oxygen atoms in total. The fourth-order valence-electron chi connectivity index (χ4n) is 2.81. The van der Waals surface area contributed by atoms with Crippen molar-refractivity contribution in [1.29, 1.82) is 0 Å². The zero-order valence-electron chi connectivity index (χ0n) is 15.2. The fraction of sp³-hybridized carbons (Fsp3) is 0.227. The van der Waals surface area contributed by atoms with Gasteiger partial charge in [-0.1, -0.05) is 45.0 Å². The van der Waals surface area contributed by atoms with E-state index in [2.05, 4.69) is 49.3 Å². The van der Waals surface area contributed by atoms with Crippen LogP contribution >= 0.6 is 0 Å². The van der Waals surface area contributed by atoms with Gasteiger partial charge >= 0.3 is 0 Å². The summed E-state index contributed by atoms with van der Waals surface area (Å²) in [5.41, 5.74) is 5.41. The number of aromatic nitrogens is 1. The normalized spacial score (nSPS) is 12.0. The minimum absolute atomic E-state index is 0.133. The van der Waals surface area contributed by atoms with Crippen LogP contribution < -0.4 is 5.32 Å². The number of aromatic amines is 1. The van der Waals surface area contributed by atoms with Crippen molar-refractivity contribution in [1.82, 2.24) is 4.98 Å². The van der Waals surface area contributed by atoms with E-state index in [1.54, 1.807) is 6.08 Å². The van der Waals surface area contributed by atoms with E-state index in [4.69, 9.17) is 0 Å². The molecule has 0 aliphatic rings. The van der Waals surface area contributed by atoms with Crippen molar-refractivity contribution >= 4 is 28.6 Å². The van der Waals surface area contributed by atoms with Crippen LogP contribution in [0.2, 0.25) is 0 Å². The summed E-state index contributed by atoms with van der Waals surface area (Å²) in [6.07, 6.45) is 3.40. The summed E-state index contributed by atoms with van der Waals surface area (Å²) in [6, 6.07) is 16.2. The number of nitrogens with one attached hydrogen (secondary N) is 2. The highest BCUT2D eigenvalue weighted by Crippen LogP contribution is 2.23. The number of hydrogen-bond acceptors (Lipinski definition) is 1. The lowest BCUT2D eigenvalue weighted by molar-refractivity contribution is -0.111. The third-order valence-corrected chi connectivity index (χ3v) is 4.23. The molecular weight excluding hydrogens is 308 g/mol. The molecule has 1 aromatic heterocycles. The molecule has 2 aromatic carbocycles. The quantitative estimate of drug-likeness (QED) is 0.618. The van der Waals surface area contributed by atoms with E-state index in [0.29, 0.717) is 0 Å². The molecule has 0 saturated heterocycles. The summed E-state index contributed by atoms with van der Waals surface area (Å²) in [5, 5.41) is 4.00. The molecule has 3 aromatic rings. The monoisotopic (exact) mass is 332 g/mol. The molecule has 1 amide bonds. The number of benzene rings is 2. The molecule has 25 heavy (non-hydrogen) atoms. The van der Waals surface area contributed by atoms with E-state index in [-0.39, 0.29) is 11.3 Å². The number of hydrogen-bond donors (Lipinski definition) is 2. The Bertz CT molecular complexity index is 925. The van der Waals surface area contributed by atoms with Crippen molar-refractivity contribution in [2.75, 3.05) is 5.32 Å². The largest absolute Gasteiger partial charge is 0.359 e. The van der Waals surface area contributed by atoms with Crippen molar-refractivity contribution in [2.45, 2.75) is 33.1 Å². The molecule has 0 aliphatic heterocycles. The van der Waals surface area contributed by atoms with E-state index in [0.717, 1.165) is 27.8 Å². The molecule has 128 valence electrons. The van der Waals surface area contributed by atoms with Gasteiger partial charge in [0.2, 0.25) is 5.91 Å². The second-order valence-electron chi connectivity index (χ2n) is 7.45. The van der Waals surface area contributed by atoms with Crippen LogP contribution in [0.4, 0.5) is 5.69 Å². The van der Waals surface area contributed by atoms with E-state index >= 15 is 0 Å². The maximum absolute atomic E-state index is 12.1. The standard InChI is InChI=1S/C22H24N2O/c1-15-13-17-14-19(10-11-20(17)23-15)24-21(25)12-7-16-5-8-18(9-6-16)22(2,3)4/h5-14,23H,1-4H3,(H,24,25). The summed E-state index contributed by atoms with van der Waals surface area (Å²) in [7, 11) is 0. The Labute approximate surface area is 148 Å². The van der Waals surface area contributed by atoms with Gasteiger partial charge in [0.1, 0.15) is 0 Å². The molecule has 1 heterocycles. The minimum atomic E-state index is -0.133. The van der Waals surface area contributed by atoms with Gasteiger partial charge < -0.3 is 10.3 Å². The van der Waals surface area contributed by atoms with Crippen LogP contribution in [0.15, 0.2) is 54.6 Å². The van der Waals surface area contributed by atoms with Crippen molar-refractivity contribution in [3.05, 3.63) is 71.4 Å². The predicted molar refractivity (Wildman–Crippen MR) is 106 cm³/mol. The van der Waals surface area contributed by atoms with Crippen molar-refractivity contribution in [3.63, 3.8) is 0 Å². The molecule has 3 rings (SSSR count). The summed E-state index contributed by atoms with van der Waals surface area (Å²) in [4.78, 5) is 15.4. The molecule has 0 spiro atoms. The lowest BCUT2D eigenvalue weighted by Crippen LogP contribution is -2.10. The molecule has 3 heteroatoms. The molecule has 2 N–H and O–H groups in total. The Morgan fingerprint density at radius 3 is 2.44 bits per heavy atom. The molecule has 0 atom stereocenters. The molecular formula is C22H24N2O. The number of H-pyrrole nitrogens is 1. The van der Waals surface area contributed by atoms with Crippen LogP contribution in [0.5, 0.6) is 0 Å². The molecule has 0 unspecified atom stereocenters. The van der Waals surface area contributed by atoms with E-state index in [1.807, 2.05) is 43.3 Å². The van der Waals surface area contributed by atoms with Gasteiger partial charge in [0.15, 0.2) is 0 Å². The Balaban J connectivity index is 1.67. The third-order valence-electron chi connectivity index (χ3n) is 4.23. The third kappa shape index (κ3) is 4.18. The Morgan fingerprint density at radius 2 is 1.76 bits per heavy atom. The molecule has 0 saturated carbocycles. The second kappa shape index (κ2) is 6.60. The summed E-state index contributed by atoms with van der Waals surface area (Å²) >= 11 is 0. The van der Waals surface area contributed by atoms with Crippen molar-refractivity contribution < 1.29 is 4.79 Å². The van der Waals surface area contributed by atoms with Crippen LogP contribution in [0.1, 0.15) is 37.6 Å². The SMILES string of the molecule is Cc1cc2cc(NC(=O)C=Cc3ccc(C(C)(C)C)cc3)ccc2[nH]1. The highest BCUT2D eigenvalue weighted by Gasteiger charge is 2.12. The first kappa shape index (κ1) is 17.0. The van der Waals surface area contributed by atoms with Gasteiger partial charge in [-0.3, -0.25) is 4.79 Å². The lowest BCUT2D eigenvalue weighted by atomic mass is 9.87. The summed E-state index contributed by atoms with van der Waals surface area (Å²) in [6.45, 7) is 8.59. The number of amides is 1. The minimum Gasteiger partial charge on any atom is -0.359 e. The number of anilines is 1. The average Bonchev–Trinajstić information content (AvgIpc) is 2.92. The van der Waals surface area contributed by atoms with Gasteiger partial charge in [-0.15, -0.1) is 0 Å². The fourth-order valence-corrected chi connectivity index (χ4v) is 2.81. The first-order valence-electron chi connectivity index (χ1n) is 8.50. The molecule has 0 aliphatic carbocycles. The molecule has 0 bridgehead atoms. The number of carbonyl (C=O) groups is 1. The van der Waals surface area contributed by atoms with Crippen LogP contribution in [-0.2, 0) is 10.2 Å². The second-order valence-corrected chi connectivity index (χ2v) is 7.45. The van der Waals surface area contributed by atoms with Gasteiger partial charge in [-0.05, 0) is 53.8 Å². The Kier molecular flexibility index (Phi) is 4.49. The zero-order chi connectivity index (χ0) is 18.0. The smallest absolute Gasteiger partial charge is 0.248 e. The average molecular weight is 332 g/mol. The van der Waals surface area contributed by atoms with Crippen molar-refractivity contribution in [2.24, 2.45) is 0 Å². The van der Waals surface area contributed by atoms with Crippen LogP contribution in [0.3, 0.4) is 0 Å². The Hall–Kier alpha value is -2.81. The number of fused-ring (bicyclic) bond motifs is 1. The van der Waals surface area contributed by atoms with Gasteiger partial charge in [0.05, 0.1) is 0 Å². The number of aryl methyl sites for hydroxylation is 1. The topological polar surface area (TPSA) is 44.9 Å². The van der Waals surface area contributed by atoms with Gasteiger partial charge in [0, 0.05) is 28.4 Å². The first-order chi connectivity index (χ1) is 11.8. The van der Waals surface area contributed by atoms with Crippen molar-refractivity contribution in [3.8, 4) is 0 Å². The lowest BCUT2D eigenvalue weighted by Gasteiger charge is -2.18. The zero-order valence-corrected chi connectivity index (χ0v) is 15.2. The first-order valence-corrected chi connectivity index (χ1v) is 8.50. The van der Waals surface area contributed by atoms with Crippen LogP contribution in [0.25, 0.3) is 17.0 Å². The van der Waals surface area contributed by atoms with Gasteiger partial charge in [-0.25, -0.2) is 0 Å². The molecule has 0 fully saturated rings. The summed E-state index contributed by atoms with van der Waals surface area (Å²) in [5.74, 6) is -0.133. The van der Waals surface area contributed by atoms with E-state index < -0.39 is 0 Å². The highest BCUT2D eigenvalue weighted by molar-refractivity contribution is 6.03. The molecule has 0 radical (unpaired) electrons. The summed E-state index contributed by atoms with van der Waals surface area (Å²) < 4.78 is 0. The van der Waals surface area contributed by atoms with Crippen LogP contribution in [-0.4, -0.2) is 10.9 Å². The van der Waals surface area contributed by atoms with Gasteiger partial charge in [-0.2, -0.15) is 0 Å². The predicted octanol–water partition coefficient (Wildman–Crippen LogP) is 5.43. The van der Waals surface area contributed by atoms with E-state index in [1.165, 1.54) is 5.56 Å². The maximum Gasteiger partial charge on any atom is 0.248 e. The number of rotatable bonds is 3. The Morgan fingerprint density at radius 1 is 1.04 bits per heavy atom. The van der Waals surface area contributed by atoms with Crippen LogP contribution in [0, 0.1) is 6.92 Å². The number of carbonyl (C=O) groups excluding carboxylic acids is 1.